The minimum absolute atomic E-state index is 0.0314. The smallest absolute Gasteiger partial charge is 0.225 e. The first-order valence-electron chi connectivity index (χ1n) is 8.32. The SMILES string of the molecule is COc1ccc(SCCC(=O)Nc2sc3c(c2C#N)CCCC3)cc1. The summed E-state index contributed by atoms with van der Waals surface area (Å²) in [5.74, 6) is 1.49. The lowest BCUT2D eigenvalue weighted by atomic mass is 9.96. The molecule has 0 spiro atoms. The molecular formula is C19H20N2O2S2. The van der Waals surface area contributed by atoms with Crippen molar-refractivity contribution in [2.75, 3.05) is 18.2 Å². The molecule has 0 saturated heterocycles. The van der Waals surface area contributed by atoms with Crippen molar-refractivity contribution in [3.05, 3.63) is 40.3 Å². The van der Waals surface area contributed by atoms with Gasteiger partial charge in [-0.15, -0.1) is 23.1 Å². The second-order valence-electron chi connectivity index (χ2n) is 5.85. The average molecular weight is 373 g/mol. The average Bonchev–Trinajstić information content (AvgIpc) is 2.99. The number of hydrogen-bond donors (Lipinski definition) is 1. The summed E-state index contributed by atoms with van der Waals surface area (Å²) >= 11 is 3.21. The van der Waals surface area contributed by atoms with E-state index in [1.165, 1.54) is 11.3 Å². The van der Waals surface area contributed by atoms with Crippen molar-refractivity contribution >= 4 is 34.0 Å². The molecule has 0 bridgehead atoms. The van der Waals surface area contributed by atoms with Gasteiger partial charge in [-0.1, -0.05) is 0 Å². The number of carbonyl (C=O) groups excluding carboxylic acids is 1. The van der Waals surface area contributed by atoms with Crippen LogP contribution in [0.3, 0.4) is 0 Å². The Balaban J connectivity index is 1.54. The topological polar surface area (TPSA) is 62.1 Å². The Morgan fingerprint density at radius 3 is 2.80 bits per heavy atom. The van der Waals surface area contributed by atoms with Crippen LogP contribution in [0.4, 0.5) is 5.00 Å². The first-order valence-corrected chi connectivity index (χ1v) is 10.1. The number of thiophene rings is 1. The van der Waals surface area contributed by atoms with Crippen LogP contribution >= 0.6 is 23.1 Å². The van der Waals surface area contributed by atoms with E-state index in [-0.39, 0.29) is 5.91 Å². The summed E-state index contributed by atoms with van der Waals surface area (Å²) in [7, 11) is 1.64. The highest BCUT2D eigenvalue weighted by Gasteiger charge is 2.21. The van der Waals surface area contributed by atoms with Gasteiger partial charge in [0.25, 0.3) is 0 Å². The van der Waals surface area contributed by atoms with Gasteiger partial charge in [-0.05, 0) is 55.5 Å². The molecule has 6 heteroatoms. The minimum atomic E-state index is -0.0314. The van der Waals surface area contributed by atoms with Gasteiger partial charge in [0.05, 0.1) is 12.7 Å². The van der Waals surface area contributed by atoms with E-state index in [0.717, 1.165) is 40.5 Å². The molecule has 0 fully saturated rings. The summed E-state index contributed by atoms with van der Waals surface area (Å²) in [6.07, 6.45) is 4.70. The fourth-order valence-electron chi connectivity index (χ4n) is 2.89. The van der Waals surface area contributed by atoms with E-state index >= 15 is 0 Å². The van der Waals surface area contributed by atoms with Gasteiger partial charge in [0.2, 0.25) is 5.91 Å². The van der Waals surface area contributed by atoms with Crippen LogP contribution in [0.15, 0.2) is 29.2 Å². The molecule has 1 heterocycles. The number of hydrogen-bond acceptors (Lipinski definition) is 5. The molecule has 1 aromatic carbocycles. The number of methoxy groups -OCH3 is 1. The van der Waals surface area contributed by atoms with Gasteiger partial charge in [-0.3, -0.25) is 4.79 Å². The minimum Gasteiger partial charge on any atom is -0.497 e. The predicted octanol–water partition coefficient (Wildman–Crippen LogP) is 4.63. The lowest BCUT2D eigenvalue weighted by Gasteiger charge is -2.09. The zero-order valence-corrected chi connectivity index (χ0v) is 15.8. The van der Waals surface area contributed by atoms with Crippen LogP contribution in [0.25, 0.3) is 0 Å². The van der Waals surface area contributed by atoms with Crippen molar-refractivity contribution in [2.45, 2.75) is 37.0 Å². The third-order valence-electron chi connectivity index (χ3n) is 4.19. The largest absolute Gasteiger partial charge is 0.497 e. The zero-order valence-electron chi connectivity index (χ0n) is 14.1. The fraction of sp³-hybridized carbons (Fsp3) is 0.368. The standard InChI is InChI=1S/C19H20N2O2S2/c1-23-13-6-8-14(9-7-13)24-11-10-18(22)21-19-16(12-20)15-4-2-3-5-17(15)25-19/h6-9H,2-5,10-11H2,1H3,(H,21,22). The molecular weight excluding hydrogens is 352 g/mol. The molecule has 0 atom stereocenters. The lowest BCUT2D eigenvalue weighted by Crippen LogP contribution is -2.12. The van der Waals surface area contributed by atoms with Crippen LogP contribution in [0.1, 0.15) is 35.3 Å². The van der Waals surface area contributed by atoms with Crippen molar-refractivity contribution in [1.82, 2.24) is 0 Å². The number of nitrogens with zero attached hydrogens (tertiary/aromatic N) is 1. The number of nitrogens with one attached hydrogen (secondary N) is 1. The molecule has 0 radical (unpaired) electrons. The Labute approximate surface area is 156 Å². The summed E-state index contributed by atoms with van der Waals surface area (Å²) in [6.45, 7) is 0. The highest BCUT2D eigenvalue weighted by atomic mass is 32.2. The van der Waals surface area contributed by atoms with E-state index in [4.69, 9.17) is 4.74 Å². The number of aryl methyl sites for hydroxylation is 1. The molecule has 1 aliphatic rings. The third-order valence-corrected chi connectivity index (χ3v) is 6.41. The van der Waals surface area contributed by atoms with Crippen molar-refractivity contribution in [1.29, 1.82) is 5.26 Å². The van der Waals surface area contributed by atoms with Gasteiger partial charge in [0, 0.05) is 21.9 Å². The van der Waals surface area contributed by atoms with Crippen LogP contribution in [0, 0.1) is 11.3 Å². The highest BCUT2D eigenvalue weighted by molar-refractivity contribution is 7.99. The fourth-order valence-corrected chi connectivity index (χ4v) is 5.00. The Morgan fingerprint density at radius 2 is 2.08 bits per heavy atom. The van der Waals surface area contributed by atoms with Gasteiger partial charge in [-0.25, -0.2) is 0 Å². The number of carbonyl (C=O) groups is 1. The third kappa shape index (κ3) is 4.36. The normalized spacial score (nSPS) is 13.0. The molecule has 1 amide bonds. The predicted molar refractivity (Wildman–Crippen MR) is 103 cm³/mol. The summed E-state index contributed by atoms with van der Waals surface area (Å²) in [5, 5.41) is 13.1. The van der Waals surface area contributed by atoms with Crippen LogP contribution < -0.4 is 10.1 Å². The second-order valence-corrected chi connectivity index (χ2v) is 8.12. The number of ether oxygens (including phenoxy) is 1. The number of benzene rings is 1. The van der Waals surface area contributed by atoms with Gasteiger partial charge in [0.15, 0.2) is 0 Å². The molecule has 0 saturated carbocycles. The molecule has 2 aromatic rings. The monoisotopic (exact) mass is 372 g/mol. The molecule has 0 unspecified atom stereocenters. The number of nitriles is 1. The molecule has 3 rings (SSSR count). The molecule has 25 heavy (non-hydrogen) atoms. The number of amides is 1. The van der Waals surface area contributed by atoms with Gasteiger partial charge >= 0.3 is 0 Å². The summed E-state index contributed by atoms with van der Waals surface area (Å²) in [5.41, 5.74) is 1.83. The van der Waals surface area contributed by atoms with Crippen molar-refractivity contribution < 1.29 is 9.53 Å². The van der Waals surface area contributed by atoms with Gasteiger partial charge < -0.3 is 10.1 Å². The van der Waals surface area contributed by atoms with Crippen LogP contribution in [0.2, 0.25) is 0 Å². The number of rotatable bonds is 6. The summed E-state index contributed by atoms with van der Waals surface area (Å²) in [6, 6.07) is 10.1. The van der Waals surface area contributed by atoms with Crippen LogP contribution in [0.5, 0.6) is 5.75 Å². The number of thioether (sulfide) groups is 1. The molecule has 4 nitrogen and oxygen atoms in total. The van der Waals surface area contributed by atoms with Gasteiger partial charge in [-0.2, -0.15) is 5.26 Å². The molecule has 130 valence electrons. The quantitative estimate of drug-likeness (QED) is 0.751. The molecule has 0 aliphatic heterocycles. The molecule has 1 N–H and O–H groups in total. The number of fused-ring (bicyclic) bond motifs is 1. The van der Waals surface area contributed by atoms with Crippen molar-refractivity contribution in [3.63, 3.8) is 0 Å². The maximum atomic E-state index is 12.2. The highest BCUT2D eigenvalue weighted by Crippen LogP contribution is 2.37. The van der Waals surface area contributed by atoms with E-state index in [2.05, 4.69) is 11.4 Å². The Kier molecular flexibility index (Phi) is 6.00. The summed E-state index contributed by atoms with van der Waals surface area (Å²) < 4.78 is 5.14. The van der Waals surface area contributed by atoms with Crippen LogP contribution in [-0.2, 0) is 17.6 Å². The summed E-state index contributed by atoms with van der Waals surface area (Å²) in [4.78, 5) is 14.6. The van der Waals surface area contributed by atoms with Crippen LogP contribution in [-0.4, -0.2) is 18.8 Å². The van der Waals surface area contributed by atoms with Crippen molar-refractivity contribution in [2.24, 2.45) is 0 Å². The first kappa shape index (κ1) is 17.8. The van der Waals surface area contributed by atoms with E-state index in [9.17, 15) is 10.1 Å². The maximum absolute atomic E-state index is 12.2. The molecule has 1 aromatic heterocycles. The number of anilines is 1. The Morgan fingerprint density at radius 1 is 1.32 bits per heavy atom. The van der Waals surface area contributed by atoms with Crippen molar-refractivity contribution in [3.8, 4) is 11.8 Å². The van der Waals surface area contributed by atoms with E-state index < -0.39 is 0 Å². The van der Waals surface area contributed by atoms with E-state index in [1.807, 2.05) is 24.3 Å². The van der Waals surface area contributed by atoms with Gasteiger partial charge in [0.1, 0.15) is 16.8 Å². The lowest BCUT2D eigenvalue weighted by molar-refractivity contribution is -0.115. The van der Waals surface area contributed by atoms with E-state index in [1.54, 1.807) is 30.2 Å². The van der Waals surface area contributed by atoms with E-state index in [0.29, 0.717) is 17.7 Å². The maximum Gasteiger partial charge on any atom is 0.225 e. The zero-order chi connectivity index (χ0) is 17.6. The molecule has 1 aliphatic carbocycles. The second kappa shape index (κ2) is 8.41. The Bertz CT molecular complexity index is 791. The first-order chi connectivity index (χ1) is 12.2. The Hall–Kier alpha value is -1.97.